The van der Waals surface area contributed by atoms with E-state index in [-0.39, 0.29) is 6.54 Å². The number of H-pyrrole nitrogens is 1. The molecule has 0 spiro atoms. The molecule has 2 amide bonds. The summed E-state index contributed by atoms with van der Waals surface area (Å²) in [5, 5.41) is 11.8. The summed E-state index contributed by atoms with van der Waals surface area (Å²) >= 11 is 10.6. The van der Waals surface area contributed by atoms with E-state index >= 15 is 0 Å². The highest BCUT2D eigenvalue weighted by Crippen LogP contribution is 2.28. The molecule has 156 valence electrons. The molecule has 1 aromatic carbocycles. The maximum Gasteiger partial charge on any atom is 0.313 e. The number of hydrogen-bond acceptors (Lipinski definition) is 7. The molecule has 0 aliphatic carbocycles. The SMILES string of the molecule is O=C(NCc1nc(-c2ccc(Br)cc2)n[nH]1)C(=O)Nc1cnc(-c2ccc(Cl)s2)nc1. The van der Waals surface area contributed by atoms with Crippen LogP contribution in [0.1, 0.15) is 5.82 Å². The quantitative estimate of drug-likeness (QED) is 0.346. The minimum absolute atomic E-state index is 0.0182. The number of carbonyl (C=O) groups excluding carboxylic acids is 2. The summed E-state index contributed by atoms with van der Waals surface area (Å²) in [7, 11) is 0. The van der Waals surface area contributed by atoms with Crippen molar-refractivity contribution in [3.05, 3.63) is 63.4 Å². The van der Waals surface area contributed by atoms with E-state index in [0.29, 0.717) is 27.5 Å². The molecule has 12 heteroatoms. The number of benzene rings is 1. The third kappa shape index (κ3) is 5.32. The zero-order valence-electron chi connectivity index (χ0n) is 15.6. The number of aromatic amines is 1. The lowest BCUT2D eigenvalue weighted by molar-refractivity contribution is -0.136. The minimum Gasteiger partial charge on any atom is -0.341 e. The van der Waals surface area contributed by atoms with Crippen LogP contribution in [0.3, 0.4) is 0 Å². The Bertz CT molecular complexity index is 1220. The van der Waals surface area contributed by atoms with Gasteiger partial charge >= 0.3 is 11.8 Å². The first-order chi connectivity index (χ1) is 15.0. The molecular formula is C19H13BrClN7O2S. The summed E-state index contributed by atoms with van der Waals surface area (Å²) in [6, 6.07) is 11.0. The first-order valence-electron chi connectivity index (χ1n) is 8.82. The standard InChI is InChI=1S/C19H13BrClN7O2S/c20-11-3-1-10(2-4-11)16-26-15(27-28-16)9-24-18(29)19(30)25-12-7-22-17(23-8-12)13-5-6-14(21)31-13/h1-8H,9H2,(H,24,29)(H,25,30)(H,26,27,28). The first kappa shape index (κ1) is 21.1. The van der Waals surface area contributed by atoms with Crippen LogP contribution in [0, 0.1) is 0 Å². The van der Waals surface area contributed by atoms with Crippen molar-refractivity contribution >= 4 is 56.4 Å². The fourth-order valence-corrected chi connectivity index (χ4v) is 3.74. The highest BCUT2D eigenvalue weighted by molar-refractivity contribution is 9.10. The van der Waals surface area contributed by atoms with Gasteiger partial charge < -0.3 is 10.6 Å². The molecule has 0 unspecified atom stereocenters. The number of rotatable bonds is 5. The molecule has 0 aliphatic rings. The zero-order chi connectivity index (χ0) is 21.8. The van der Waals surface area contributed by atoms with Crippen LogP contribution < -0.4 is 10.6 Å². The molecule has 0 atom stereocenters. The van der Waals surface area contributed by atoms with Crippen molar-refractivity contribution in [3.63, 3.8) is 0 Å². The molecule has 0 bridgehead atoms. The van der Waals surface area contributed by atoms with Gasteiger partial charge in [-0.15, -0.1) is 11.3 Å². The Hall–Kier alpha value is -3.15. The molecule has 3 heterocycles. The molecule has 3 aromatic heterocycles. The number of nitrogens with zero attached hydrogens (tertiary/aromatic N) is 4. The van der Waals surface area contributed by atoms with Crippen molar-refractivity contribution in [2.45, 2.75) is 6.54 Å². The lowest BCUT2D eigenvalue weighted by atomic mass is 10.2. The average molecular weight is 519 g/mol. The number of aromatic nitrogens is 5. The van der Waals surface area contributed by atoms with Crippen molar-refractivity contribution in [1.82, 2.24) is 30.5 Å². The normalized spacial score (nSPS) is 10.6. The number of hydrogen-bond donors (Lipinski definition) is 3. The highest BCUT2D eigenvalue weighted by Gasteiger charge is 2.15. The van der Waals surface area contributed by atoms with Crippen LogP contribution in [-0.4, -0.2) is 37.0 Å². The van der Waals surface area contributed by atoms with E-state index in [0.717, 1.165) is 14.9 Å². The summed E-state index contributed by atoms with van der Waals surface area (Å²) in [5.74, 6) is -0.281. The van der Waals surface area contributed by atoms with Gasteiger partial charge in [-0.2, -0.15) is 5.10 Å². The Morgan fingerprint density at radius 3 is 2.45 bits per heavy atom. The van der Waals surface area contributed by atoms with Gasteiger partial charge in [-0.3, -0.25) is 14.7 Å². The average Bonchev–Trinajstić information content (AvgIpc) is 3.42. The highest BCUT2D eigenvalue weighted by atomic mass is 79.9. The molecule has 4 aromatic rings. The van der Waals surface area contributed by atoms with Gasteiger partial charge in [0, 0.05) is 10.0 Å². The number of halogens is 2. The summed E-state index contributed by atoms with van der Waals surface area (Å²) in [5.41, 5.74) is 1.12. The minimum atomic E-state index is -0.844. The Labute approximate surface area is 193 Å². The maximum absolute atomic E-state index is 12.1. The van der Waals surface area contributed by atoms with Crippen molar-refractivity contribution in [2.24, 2.45) is 0 Å². The van der Waals surface area contributed by atoms with E-state index in [9.17, 15) is 9.59 Å². The Morgan fingerprint density at radius 2 is 1.77 bits per heavy atom. The summed E-state index contributed by atoms with van der Waals surface area (Å²) in [4.78, 5) is 37.6. The largest absolute Gasteiger partial charge is 0.341 e. The van der Waals surface area contributed by atoms with Gasteiger partial charge in [-0.25, -0.2) is 15.0 Å². The van der Waals surface area contributed by atoms with E-state index < -0.39 is 11.8 Å². The summed E-state index contributed by atoms with van der Waals surface area (Å²) in [6.45, 7) is 0.0182. The van der Waals surface area contributed by atoms with Crippen LogP contribution in [0.4, 0.5) is 5.69 Å². The molecule has 31 heavy (non-hydrogen) atoms. The maximum atomic E-state index is 12.1. The number of carbonyl (C=O) groups is 2. The topological polar surface area (TPSA) is 126 Å². The van der Waals surface area contributed by atoms with Gasteiger partial charge in [-0.1, -0.05) is 39.7 Å². The number of thiophene rings is 1. The second-order valence-corrected chi connectivity index (χ2v) is 8.78. The van der Waals surface area contributed by atoms with Gasteiger partial charge in [0.2, 0.25) is 0 Å². The van der Waals surface area contributed by atoms with Crippen molar-refractivity contribution < 1.29 is 9.59 Å². The number of amides is 2. The van der Waals surface area contributed by atoms with Crippen molar-refractivity contribution in [2.75, 3.05) is 5.32 Å². The van der Waals surface area contributed by atoms with Crippen LogP contribution in [0.15, 0.2) is 53.3 Å². The molecule has 0 saturated heterocycles. The van der Waals surface area contributed by atoms with Gasteiger partial charge in [0.15, 0.2) is 11.6 Å². The monoisotopic (exact) mass is 517 g/mol. The molecule has 4 rings (SSSR count). The van der Waals surface area contributed by atoms with Crippen LogP contribution in [0.25, 0.3) is 22.1 Å². The van der Waals surface area contributed by atoms with Gasteiger partial charge in [0.1, 0.15) is 5.82 Å². The third-order valence-electron chi connectivity index (χ3n) is 3.96. The van der Waals surface area contributed by atoms with E-state index in [1.807, 2.05) is 24.3 Å². The van der Waals surface area contributed by atoms with Crippen molar-refractivity contribution in [3.8, 4) is 22.1 Å². The molecule has 0 radical (unpaired) electrons. The number of nitrogens with one attached hydrogen (secondary N) is 3. The Kier molecular flexibility index (Phi) is 6.35. The van der Waals surface area contributed by atoms with Crippen molar-refractivity contribution in [1.29, 1.82) is 0 Å². The van der Waals surface area contributed by atoms with Gasteiger partial charge in [-0.05, 0) is 24.3 Å². The van der Waals surface area contributed by atoms with E-state index in [2.05, 4.69) is 51.7 Å². The number of anilines is 1. The molecular weight excluding hydrogens is 506 g/mol. The smallest absolute Gasteiger partial charge is 0.313 e. The molecule has 3 N–H and O–H groups in total. The van der Waals surface area contributed by atoms with E-state index in [4.69, 9.17) is 11.6 Å². The molecule has 0 fully saturated rings. The molecule has 9 nitrogen and oxygen atoms in total. The van der Waals surface area contributed by atoms with Crippen LogP contribution in [-0.2, 0) is 16.1 Å². The second kappa shape index (κ2) is 9.33. The predicted molar refractivity (Wildman–Crippen MR) is 120 cm³/mol. The summed E-state index contributed by atoms with van der Waals surface area (Å²) < 4.78 is 1.57. The second-order valence-electron chi connectivity index (χ2n) is 6.15. The molecule has 0 saturated carbocycles. The Morgan fingerprint density at radius 1 is 1.03 bits per heavy atom. The van der Waals surface area contributed by atoms with E-state index in [1.54, 1.807) is 12.1 Å². The van der Waals surface area contributed by atoms with Crippen LogP contribution in [0.5, 0.6) is 0 Å². The van der Waals surface area contributed by atoms with Gasteiger partial charge in [0.25, 0.3) is 0 Å². The van der Waals surface area contributed by atoms with Crippen LogP contribution >= 0.6 is 38.9 Å². The lowest BCUT2D eigenvalue weighted by Gasteiger charge is -2.05. The Balaban J connectivity index is 1.31. The third-order valence-corrected chi connectivity index (χ3v) is 5.72. The fourth-order valence-electron chi connectivity index (χ4n) is 2.49. The fraction of sp³-hybridized carbons (Fsp3) is 0.0526. The predicted octanol–water partition coefficient (Wildman–Crippen LogP) is 3.66. The lowest BCUT2D eigenvalue weighted by Crippen LogP contribution is -2.35. The first-order valence-corrected chi connectivity index (χ1v) is 10.8. The van der Waals surface area contributed by atoms with Gasteiger partial charge in [0.05, 0.1) is 33.8 Å². The molecule has 0 aliphatic heterocycles. The zero-order valence-corrected chi connectivity index (χ0v) is 18.8. The van der Waals surface area contributed by atoms with Crippen LogP contribution in [0.2, 0.25) is 4.34 Å². The van der Waals surface area contributed by atoms with E-state index in [1.165, 1.54) is 23.7 Å². The summed E-state index contributed by atoms with van der Waals surface area (Å²) in [6.07, 6.45) is 2.84.